The maximum absolute atomic E-state index is 13.2. The van der Waals surface area contributed by atoms with E-state index in [1.807, 2.05) is 0 Å². The first kappa shape index (κ1) is 11.2. The summed E-state index contributed by atoms with van der Waals surface area (Å²) in [5, 5.41) is 3.36. The predicted molar refractivity (Wildman–Crippen MR) is 65.8 cm³/mol. The van der Waals surface area contributed by atoms with Gasteiger partial charge in [-0.3, -0.25) is 0 Å². The van der Waals surface area contributed by atoms with Crippen LogP contribution in [0.4, 0.5) is 15.8 Å². The van der Waals surface area contributed by atoms with Crippen molar-refractivity contribution in [1.29, 1.82) is 0 Å². The van der Waals surface area contributed by atoms with E-state index in [0.29, 0.717) is 11.7 Å². The predicted octanol–water partition coefficient (Wildman–Crippen LogP) is 3.25. The molecule has 2 nitrogen and oxygen atoms in total. The van der Waals surface area contributed by atoms with Crippen molar-refractivity contribution in [2.75, 3.05) is 11.1 Å². The Morgan fingerprint density at radius 1 is 1.12 bits per heavy atom. The summed E-state index contributed by atoms with van der Waals surface area (Å²) in [4.78, 5) is 0. The first-order chi connectivity index (χ1) is 7.25. The number of nitrogen functional groups attached to an aromatic ring is 1. The van der Waals surface area contributed by atoms with Gasteiger partial charge in [-0.2, -0.15) is 0 Å². The molecule has 2 rings (SSSR count). The zero-order valence-corrected chi connectivity index (χ0v) is 10.3. The van der Waals surface area contributed by atoms with Gasteiger partial charge >= 0.3 is 0 Å². The number of nitrogens with two attached hydrogens (primary N) is 1. The Hall–Kier alpha value is -1.25. The Morgan fingerprint density at radius 3 is 2.12 bits per heavy atom. The third-order valence-electron chi connectivity index (χ3n) is 4.25. The second kappa shape index (κ2) is 3.12. The van der Waals surface area contributed by atoms with Gasteiger partial charge in [0.15, 0.2) is 0 Å². The Kier molecular flexibility index (Phi) is 2.19. The van der Waals surface area contributed by atoms with Crippen LogP contribution in [0.3, 0.4) is 0 Å². The minimum atomic E-state index is -0.293. The molecule has 0 unspecified atom stereocenters. The smallest absolute Gasteiger partial charge is 0.127 e. The zero-order chi connectivity index (χ0) is 12.1. The van der Waals surface area contributed by atoms with Crippen LogP contribution in [-0.4, -0.2) is 6.04 Å². The Morgan fingerprint density at radius 2 is 1.69 bits per heavy atom. The maximum atomic E-state index is 13.2. The lowest BCUT2D eigenvalue weighted by molar-refractivity contribution is 0.457. The molecule has 88 valence electrons. The highest BCUT2D eigenvalue weighted by Crippen LogP contribution is 2.63. The summed E-state index contributed by atoms with van der Waals surface area (Å²) < 4.78 is 13.2. The van der Waals surface area contributed by atoms with Crippen LogP contribution in [0.25, 0.3) is 0 Å². The number of anilines is 2. The molecule has 0 radical (unpaired) electrons. The van der Waals surface area contributed by atoms with Gasteiger partial charge in [0.1, 0.15) is 5.82 Å². The standard InChI is InChI=1S/C13H19FN2/c1-12(2)11(13(12,3)4)16-10-6-8(14)5-9(15)7-10/h5-7,11,16H,15H2,1-4H3. The third-order valence-corrected chi connectivity index (χ3v) is 4.25. The van der Waals surface area contributed by atoms with Crippen LogP contribution < -0.4 is 11.1 Å². The lowest BCUT2D eigenvalue weighted by Crippen LogP contribution is -2.10. The Labute approximate surface area is 96.0 Å². The highest BCUT2D eigenvalue weighted by Gasteiger charge is 2.64. The van der Waals surface area contributed by atoms with E-state index >= 15 is 0 Å². The molecule has 1 fully saturated rings. The molecule has 0 aromatic heterocycles. The van der Waals surface area contributed by atoms with Crippen LogP contribution >= 0.6 is 0 Å². The van der Waals surface area contributed by atoms with Crippen LogP contribution in [0, 0.1) is 16.6 Å². The average molecular weight is 222 g/mol. The number of hydrogen-bond donors (Lipinski definition) is 2. The largest absolute Gasteiger partial charge is 0.399 e. The number of benzene rings is 1. The fraction of sp³-hybridized carbons (Fsp3) is 0.538. The summed E-state index contributed by atoms with van der Waals surface area (Å²) in [5.74, 6) is -0.293. The first-order valence-corrected chi connectivity index (χ1v) is 5.58. The van der Waals surface area contributed by atoms with E-state index in [-0.39, 0.29) is 16.6 Å². The normalized spacial score (nSPS) is 21.8. The van der Waals surface area contributed by atoms with Crippen molar-refractivity contribution >= 4 is 11.4 Å². The molecule has 1 aromatic carbocycles. The van der Waals surface area contributed by atoms with Crippen LogP contribution in [0.5, 0.6) is 0 Å². The van der Waals surface area contributed by atoms with E-state index in [2.05, 4.69) is 33.0 Å². The molecule has 0 amide bonds. The zero-order valence-electron chi connectivity index (χ0n) is 10.3. The summed E-state index contributed by atoms with van der Waals surface area (Å²) in [6.45, 7) is 8.86. The maximum Gasteiger partial charge on any atom is 0.127 e. The molecule has 1 aromatic rings. The van der Waals surface area contributed by atoms with Gasteiger partial charge in [-0.1, -0.05) is 27.7 Å². The van der Waals surface area contributed by atoms with E-state index in [1.54, 1.807) is 6.07 Å². The number of rotatable bonds is 2. The fourth-order valence-electron chi connectivity index (χ4n) is 2.42. The van der Waals surface area contributed by atoms with Gasteiger partial charge in [0.25, 0.3) is 0 Å². The van der Waals surface area contributed by atoms with Crippen LogP contribution in [0.15, 0.2) is 18.2 Å². The summed E-state index contributed by atoms with van der Waals surface area (Å²) in [5.41, 5.74) is 7.29. The number of halogens is 1. The topological polar surface area (TPSA) is 38.0 Å². The molecule has 0 heterocycles. The van der Waals surface area contributed by atoms with Crippen molar-refractivity contribution in [2.24, 2.45) is 10.8 Å². The molecular weight excluding hydrogens is 203 g/mol. The van der Waals surface area contributed by atoms with Crippen molar-refractivity contribution < 1.29 is 4.39 Å². The van der Waals surface area contributed by atoms with Gasteiger partial charge in [0.05, 0.1) is 0 Å². The Balaban J connectivity index is 2.18. The van der Waals surface area contributed by atoms with E-state index in [4.69, 9.17) is 5.73 Å². The van der Waals surface area contributed by atoms with Gasteiger partial charge in [-0.05, 0) is 29.0 Å². The summed E-state index contributed by atoms with van der Waals surface area (Å²) in [6.07, 6.45) is 0. The third kappa shape index (κ3) is 1.55. The summed E-state index contributed by atoms with van der Waals surface area (Å²) in [7, 11) is 0. The van der Waals surface area contributed by atoms with Gasteiger partial charge in [0, 0.05) is 17.4 Å². The second-order valence-electron chi connectivity index (χ2n) is 5.79. The van der Waals surface area contributed by atoms with Crippen molar-refractivity contribution in [3.05, 3.63) is 24.0 Å². The average Bonchev–Trinajstić information content (AvgIpc) is 2.46. The molecule has 0 atom stereocenters. The van der Waals surface area contributed by atoms with Crippen molar-refractivity contribution in [1.82, 2.24) is 0 Å². The van der Waals surface area contributed by atoms with Crippen molar-refractivity contribution in [3.8, 4) is 0 Å². The SMILES string of the molecule is CC1(C)C(Nc2cc(N)cc(F)c2)C1(C)C. The molecule has 16 heavy (non-hydrogen) atoms. The van der Waals surface area contributed by atoms with Gasteiger partial charge in [-0.15, -0.1) is 0 Å². The van der Waals surface area contributed by atoms with Crippen LogP contribution in [0.2, 0.25) is 0 Å². The van der Waals surface area contributed by atoms with Crippen molar-refractivity contribution in [3.63, 3.8) is 0 Å². The minimum Gasteiger partial charge on any atom is -0.399 e. The molecule has 0 bridgehead atoms. The van der Waals surface area contributed by atoms with Gasteiger partial charge in [0.2, 0.25) is 0 Å². The van der Waals surface area contributed by atoms with Gasteiger partial charge in [-0.25, -0.2) is 4.39 Å². The van der Waals surface area contributed by atoms with E-state index < -0.39 is 0 Å². The highest BCUT2D eigenvalue weighted by atomic mass is 19.1. The first-order valence-electron chi connectivity index (χ1n) is 5.58. The molecule has 1 aliphatic rings. The summed E-state index contributed by atoms with van der Waals surface area (Å²) >= 11 is 0. The molecule has 3 N–H and O–H groups in total. The number of nitrogens with one attached hydrogen (secondary N) is 1. The number of hydrogen-bond acceptors (Lipinski definition) is 2. The van der Waals surface area contributed by atoms with E-state index in [1.165, 1.54) is 12.1 Å². The van der Waals surface area contributed by atoms with Crippen LogP contribution in [0.1, 0.15) is 27.7 Å². The molecule has 0 saturated heterocycles. The molecule has 0 spiro atoms. The van der Waals surface area contributed by atoms with Gasteiger partial charge < -0.3 is 11.1 Å². The molecule has 1 saturated carbocycles. The van der Waals surface area contributed by atoms with Crippen LogP contribution in [-0.2, 0) is 0 Å². The molecular formula is C13H19FN2. The molecule has 0 aliphatic heterocycles. The highest BCUT2D eigenvalue weighted by molar-refractivity contribution is 5.56. The monoisotopic (exact) mass is 222 g/mol. The van der Waals surface area contributed by atoms with E-state index in [9.17, 15) is 4.39 Å². The lowest BCUT2D eigenvalue weighted by atomic mass is 10.0. The quantitative estimate of drug-likeness (QED) is 0.754. The van der Waals surface area contributed by atoms with Crippen molar-refractivity contribution in [2.45, 2.75) is 33.7 Å². The molecule has 1 aliphatic carbocycles. The summed E-state index contributed by atoms with van der Waals surface area (Å²) in [6, 6.07) is 4.95. The van der Waals surface area contributed by atoms with E-state index in [0.717, 1.165) is 5.69 Å². The lowest BCUT2D eigenvalue weighted by Gasteiger charge is -2.09. The fourth-order valence-corrected chi connectivity index (χ4v) is 2.42. The minimum absolute atomic E-state index is 0.230. The molecule has 3 heteroatoms. The second-order valence-corrected chi connectivity index (χ2v) is 5.79. The Bertz CT molecular complexity index is 390.